The quantitative estimate of drug-likeness (QED) is 0.407. The molecule has 2 nitrogen and oxygen atoms in total. The molecule has 35 heavy (non-hydrogen) atoms. The second-order valence-electron chi connectivity index (χ2n) is 12.5. The lowest BCUT2D eigenvalue weighted by Crippen LogP contribution is -2.66. The molecule has 0 spiro atoms. The van der Waals surface area contributed by atoms with Crippen LogP contribution in [0.5, 0.6) is 0 Å². The summed E-state index contributed by atoms with van der Waals surface area (Å²) in [6.07, 6.45) is 14.1. The SMILES string of the molecule is CC(C)(C)[Si](CB1O[C@@H](C2CCCCC2)[C@H](C2CCCCC2)O1)(c1ccccc1)c1ccccc1. The van der Waals surface area contributed by atoms with Gasteiger partial charge >= 0.3 is 7.12 Å². The first-order valence-electron chi connectivity index (χ1n) is 14.4. The minimum absolute atomic E-state index is 0.0971. The van der Waals surface area contributed by atoms with Crippen molar-refractivity contribution in [1.82, 2.24) is 0 Å². The molecule has 0 unspecified atom stereocenters. The van der Waals surface area contributed by atoms with Gasteiger partial charge in [-0.15, -0.1) is 0 Å². The van der Waals surface area contributed by atoms with Crippen LogP contribution in [0.4, 0.5) is 0 Å². The highest BCUT2D eigenvalue weighted by molar-refractivity contribution is 7.08. The van der Waals surface area contributed by atoms with Gasteiger partial charge in [-0.1, -0.05) is 130 Å². The van der Waals surface area contributed by atoms with E-state index in [9.17, 15) is 0 Å². The van der Waals surface area contributed by atoms with Gasteiger partial charge in [0.15, 0.2) is 0 Å². The highest BCUT2D eigenvalue weighted by atomic mass is 28.3. The zero-order valence-corrected chi connectivity index (χ0v) is 23.3. The monoisotopic (exact) mass is 488 g/mol. The van der Waals surface area contributed by atoms with Gasteiger partial charge in [-0.25, -0.2) is 0 Å². The first-order chi connectivity index (χ1) is 17.0. The van der Waals surface area contributed by atoms with Crippen LogP contribution in [0.15, 0.2) is 60.7 Å². The lowest BCUT2D eigenvalue weighted by molar-refractivity contribution is 0.0324. The third kappa shape index (κ3) is 5.22. The van der Waals surface area contributed by atoms with Crippen LogP contribution in [0.25, 0.3) is 0 Å². The normalized spacial score (nSPS) is 25.2. The fourth-order valence-electron chi connectivity index (χ4n) is 7.59. The molecule has 1 saturated heterocycles. The van der Waals surface area contributed by atoms with E-state index in [4.69, 9.17) is 9.31 Å². The van der Waals surface area contributed by atoms with Crippen LogP contribution in [-0.2, 0) is 9.31 Å². The van der Waals surface area contributed by atoms with Crippen LogP contribution in [0, 0.1) is 11.8 Å². The van der Waals surface area contributed by atoms with E-state index < -0.39 is 8.07 Å². The highest BCUT2D eigenvalue weighted by Crippen LogP contribution is 2.44. The Morgan fingerprint density at radius 1 is 0.657 bits per heavy atom. The van der Waals surface area contributed by atoms with E-state index in [0.29, 0.717) is 24.0 Å². The second-order valence-corrected chi connectivity index (χ2v) is 17.4. The van der Waals surface area contributed by atoms with Crippen LogP contribution in [0.1, 0.15) is 85.0 Å². The predicted octanol–water partition coefficient (Wildman–Crippen LogP) is 7.02. The van der Waals surface area contributed by atoms with Crippen molar-refractivity contribution < 1.29 is 9.31 Å². The minimum Gasteiger partial charge on any atom is -0.406 e. The summed E-state index contributed by atoms with van der Waals surface area (Å²) < 4.78 is 14.1. The molecule has 3 fully saturated rings. The maximum atomic E-state index is 7.07. The summed E-state index contributed by atoms with van der Waals surface area (Å²) in [4.78, 5) is 0. The van der Waals surface area contributed by atoms with Crippen molar-refractivity contribution in [2.24, 2.45) is 11.8 Å². The standard InChI is InChI=1S/C31H45BO2Si/c1-31(2,3)35(27-20-12-6-13-21-27,28-22-14-7-15-23-28)24-32-33-29(25-16-8-4-9-17-25)30(34-32)26-18-10-5-11-19-26/h6-7,12-15,20-23,25-26,29-30H,4-5,8-11,16-19,24H2,1-3H3/t29-,30-/m0/s1. The molecule has 2 saturated carbocycles. The summed E-state index contributed by atoms with van der Waals surface area (Å²) in [5.74, 6) is 2.36. The summed E-state index contributed by atoms with van der Waals surface area (Å²) in [6.45, 7) is 7.35. The van der Waals surface area contributed by atoms with Gasteiger partial charge in [-0.2, -0.15) is 0 Å². The van der Waals surface area contributed by atoms with E-state index in [-0.39, 0.29) is 12.2 Å². The molecule has 0 radical (unpaired) electrons. The van der Waals surface area contributed by atoms with Crippen LogP contribution < -0.4 is 10.4 Å². The molecule has 0 aromatic heterocycles. The average Bonchev–Trinajstić information content (AvgIpc) is 3.32. The molecule has 0 bridgehead atoms. The maximum Gasteiger partial charge on any atom is 0.455 e. The molecule has 0 N–H and O–H groups in total. The van der Waals surface area contributed by atoms with Gasteiger partial charge in [0, 0.05) is 0 Å². The van der Waals surface area contributed by atoms with Crippen molar-refractivity contribution in [3.05, 3.63) is 60.7 Å². The molecular weight excluding hydrogens is 443 g/mol. The maximum absolute atomic E-state index is 7.07. The number of rotatable bonds is 6. The molecule has 2 aromatic rings. The Morgan fingerprint density at radius 2 is 1.06 bits per heavy atom. The van der Waals surface area contributed by atoms with Crippen LogP contribution in [0.3, 0.4) is 0 Å². The molecule has 3 aliphatic rings. The van der Waals surface area contributed by atoms with Crippen LogP contribution in [0.2, 0.25) is 11.0 Å². The summed E-state index contributed by atoms with van der Waals surface area (Å²) in [5, 5.41) is 3.13. The van der Waals surface area contributed by atoms with Gasteiger partial charge in [0.05, 0.1) is 12.2 Å². The zero-order chi connectivity index (χ0) is 24.3. The predicted molar refractivity (Wildman–Crippen MR) is 151 cm³/mol. The fraction of sp³-hybridized carbons (Fsp3) is 0.613. The van der Waals surface area contributed by atoms with E-state index in [1.54, 1.807) is 0 Å². The molecule has 5 rings (SSSR count). The molecule has 0 amide bonds. The van der Waals surface area contributed by atoms with Crippen molar-refractivity contribution >= 4 is 25.6 Å². The summed E-state index contributed by atoms with van der Waals surface area (Å²) in [6, 6.07) is 22.7. The Kier molecular flexibility index (Phi) is 7.91. The van der Waals surface area contributed by atoms with Gasteiger partial charge in [0.1, 0.15) is 8.07 Å². The van der Waals surface area contributed by atoms with Gasteiger partial charge in [0.2, 0.25) is 0 Å². The largest absolute Gasteiger partial charge is 0.455 e. The van der Waals surface area contributed by atoms with Crippen molar-refractivity contribution in [2.45, 2.75) is 108 Å². The van der Waals surface area contributed by atoms with E-state index >= 15 is 0 Å². The summed E-state index contributed by atoms with van der Waals surface area (Å²) in [5.41, 5.74) is 0. The van der Waals surface area contributed by atoms with E-state index in [1.165, 1.54) is 74.6 Å². The summed E-state index contributed by atoms with van der Waals surface area (Å²) >= 11 is 0. The molecule has 188 valence electrons. The first kappa shape index (κ1) is 25.3. The number of hydrogen-bond donors (Lipinski definition) is 0. The molecule has 2 atom stereocenters. The molecular formula is C31H45BO2Si. The van der Waals surface area contributed by atoms with Gasteiger partial charge in [-0.05, 0) is 48.5 Å². The van der Waals surface area contributed by atoms with Crippen molar-refractivity contribution in [2.75, 3.05) is 0 Å². The zero-order valence-electron chi connectivity index (χ0n) is 22.3. The van der Waals surface area contributed by atoms with E-state index in [0.717, 1.165) is 5.94 Å². The molecule has 1 heterocycles. The van der Waals surface area contributed by atoms with Gasteiger partial charge in [0.25, 0.3) is 0 Å². The fourth-order valence-corrected chi connectivity index (χ4v) is 13.0. The van der Waals surface area contributed by atoms with Gasteiger partial charge in [-0.3, -0.25) is 0 Å². The lowest BCUT2D eigenvalue weighted by Gasteiger charge is -2.44. The van der Waals surface area contributed by atoms with Crippen molar-refractivity contribution in [3.63, 3.8) is 0 Å². The minimum atomic E-state index is -2.22. The highest BCUT2D eigenvalue weighted by Gasteiger charge is 2.55. The Hall–Kier alpha value is -1.36. The molecule has 4 heteroatoms. The van der Waals surface area contributed by atoms with Gasteiger partial charge < -0.3 is 9.31 Å². The second kappa shape index (κ2) is 10.9. The van der Waals surface area contributed by atoms with E-state index in [2.05, 4.69) is 81.4 Å². The average molecular weight is 489 g/mol. The van der Waals surface area contributed by atoms with Crippen LogP contribution in [-0.4, -0.2) is 27.4 Å². The molecule has 1 aliphatic heterocycles. The third-order valence-corrected chi connectivity index (χ3v) is 15.6. The Balaban J connectivity index is 1.50. The Morgan fingerprint density at radius 3 is 1.43 bits per heavy atom. The van der Waals surface area contributed by atoms with E-state index in [1.807, 2.05) is 0 Å². The van der Waals surface area contributed by atoms with Crippen molar-refractivity contribution in [1.29, 1.82) is 0 Å². The first-order valence-corrected chi connectivity index (χ1v) is 16.6. The third-order valence-electron chi connectivity index (χ3n) is 9.46. The number of hydrogen-bond acceptors (Lipinski definition) is 2. The lowest BCUT2D eigenvalue weighted by atomic mass is 9.77. The topological polar surface area (TPSA) is 18.5 Å². The molecule has 2 aromatic carbocycles. The Bertz CT molecular complexity index is 851. The number of benzene rings is 2. The molecule has 2 aliphatic carbocycles. The summed E-state index contributed by atoms with van der Waals surface area (Å²) in [7, 11) is -2.32. The smallest absolute Gasteiger partial charge is 0.406 e. The van der Waals surface area contributed by atoms with Crippen molar-refractivity contribution in [3.8, 4) is 0 Å². The Labute approximate surface area is 215 Å². The van der Waals surface area contributed by atoms with Crippen LogP contribution >= 0.6 is 0 Å².